The van der Waals surface area contributed by atoms with Crippen LogP contribution in [0.25, 0.3) is 94.0 Å². The van der Waals surface area contributed by atoms with Crippen LogP contribution in [-0.2, 0) is 6.42 Å². The van der Waals surface area contributed by atoms with Crippen molar-refractivity contribution in [1.29, 1.82) is 5.26 Å². The summed E-state index contributed by atoms with van der Waals surface area (Å²) in [6, 6.07) is 66.2. The Morgan fingerprint density at radius 2 is 0.963 bits per heavy atom. The zero-order valence-corrected chi connectivity index (χ0v) is 29.8. The van der Waals surface area contributed by atoms with Gasteiger partial charge in [-0.2, -0.15) is 5.26 Å². The second-order valence-corrected chi connectivity index (χ2v) is 14.3. The third-order valence-electron chi connectivity index (χ3n) is 11.1. The molecule has 0 fully saturated rings. The van der Waals surface area contributed by atoms with Crippen LogP contribution in [-0.4, -0.2) is 0 Å². The maximum absolute atomic E-state index is 9.47. The van der Waals surface area contributed by atoms with Gasteiger partial charge in [-0.3, -0.25) is 0 Å². The third kappa shape index (κ3) is 5.57. The Kier molecular flexibility index (Phi) is 7.75. The lowest BCUT2D eigenvalue weighted by atomic mass is 9.84. The van der Waals surface area contributed by atoms with Crippen LogP contribution in [0.4, 0.5) is 0 Å². The van der Waals surface area contributed by atoms with Crippen LogP contribution in [0.3, 0.4) is 0 Å². The minimum atomic E-state index is 0.662. The molecule has 1 nitrogen and oxygen atoms in total. The molecular weight excluding hydrogens is 651 g/mol. The molecule has 0 amide bonds. The largest absolute Gasteiger partial charge is 0.192 e. The first-order chi connectivity index (χ1) is 26.7. The zero-order valence-electron chi connectivity index (χ0n) is 29.8. The number of aryl methyl sites for hydroxylation is 1. The Labute approximate surface area is 315 Å². The van der Waals surface area contributed by atoms with Crippen molar-refractivity contribution in [3.8, 4) is 61.7 Å². The van der Waals surface area contributed by atoms with E-state index in [1.54, 1.807) is 0 Å². The molecule has 9 aromatic carbocycles. The lowest BCUT2D eigenvalue weighted by molar-refractivity contribution is 0.986. The molecule has 0 aromatic heterocycles. The predicted octanol–water partition coefficient (Wildman–Crippen LogP) is 14.3. The van der Waals surface area contributed by atoms with E-state index in [9.17, 15) is 5.26 Å². The maximum Gasteiger partial charge on any atom is 0.0991 e. The number of hydrogen-bond acceptors (Lipinski definition) is 1. The van der Waals surface area contributed by atoms with E-state index in [1.807, 2.05) is 12.1 Å². The van der Waals surface area contributed by atoms with Gasteiger partial charge in [0.25, 0.3) is 0 Å². The van der Waals surface area contributed by atoms with Crippen molar-refractivity contribution in [3.63, 3.8) is 0 Å². The van der Waals surface area contributed by atoms with E-state index >= 15 is 0 Å². The van der Waals surface area contributed by atoms with Gasteiger partial charge < -0.3 is 0 Å². The molecular formula is C53H35N. The van der Waals surface area contributed by atoms with Crippen LogP contribution in [0.5, 0.6) is 0 Å². The summed E-state index contributed by atoms with van der Waals surface area (Å²) in [5.41, 5.74) is 15.3. The highest BCUT2D eigenvalue weighted by Gasteiger charge is 2.18. The molecule has 0 radical (unpaired) electrons. The second kappa shape index (κ2) is 13.2. The first-order valence-electron chi connectivity index (χ1n) is 18.7. The van der Waals surface area contributed by atoms with Gasteiger partial charge in [-0.1, -0.05) is 152 Å². The predicted molar refractivity (Wildman–Crippen MR) is 228 cm³/mol. The molecule has 0 bridgehead atoms. The van der Waals surface area contributed by atoms with Crippen molar-refractivity contribution >= 4 is 38.4 Å². The molecule has 0 heterocycles. The number of rotatable bonds is 5. The van der Waals surface area contributed by atoms with Crippen molar-refractivity contribution in [2.45, 2.75) is 12.8 Å². The van der Waals surface area contributed by atoms with Gasteiger partial charge in [-0.25, -0.2) is 0 Å². The summed E-state index contributed by atoms with van der Waals surface area (Å²) in [6.45, 7) is 0. The third-order valence-corrected chi connectivity index (χ3v) is 11.1. The molecule has 54 heavy (non-hydrogen) atoms. The standard InChI is InChI=1S/C53H35N/c54-34-35-16-18-38(19-17-35)46-28-29-50-51(33-46)52(40-24-20-39(21-25-40)44-26-22-36-8-1-3-10-41(36)30-44)48-14-5-6-15-49(48)53(50)47-13-7-12-43(32-47)45-27-23-37-9-2-4-11-42(37)31-45/h1,3-8,10-33H,2,9H2. The lowest BCUT2D eigenvalue weighted by Gasteiger charge is -2.19. The fourth-order valence-electron chi connectivity index (χ4n) is 8.38. The van der Waals surface area contributed by atoms with Crippen molar-refractivity contribution < 1.29 is 0 Å². The Balaban J connectivity index is 1.18. The Morgan fingerprint density at radius 3 is 1.76 bits per heavy atom. The molecule has 1 heteroatoms. The molecule has 0 aliphatic heterocycles. The van der Waals surface area contributed by atoms with E-state index in [0.29, 0.717) is 5.56 Å². The van der Waals surface area contributed by atoms with E-state index < -0.39 is 0 Å². The summed E-state index contributed by atoms with van der Waals surface area (Å²) in [5.74, 6) is 0. The van der Waals surface area contributed by atoms with E-state index in [1.165, 1.54) is 88.0 Å². The highest BCUT2D eigenvalue weighted by Crippen LogP contribution is 2.46. The molecule has 10 rings (SSSR count). The molecule has 0 saturated heterocycles. The van der Waals surface area contributed by atoms with Crippen molar-refractivity contribution in [2.24, 2.45) is 0 Å². The van der Waals surface area contributed by atoms with Crippen LogP contribution in [0, 0.1) is 11.3 Å². The van der Waals surface area contributed by atoms with Crippen molar-refractivity contribution in [3.05, 3.63) is 199 Å². The topological polar surface area (TPSA) is 23.8 Å². The molecule has 0 N–H and O–H groups in total. The van der Waals surface area contributed by atoms with Gasteiger partial charge >= 0.3 is 0 Å². The van der Waals surface area contributed by atoms with Gasteiger partial charge in [0.2, 0.25) is 0 Å². The van der Waals surface area contributed by atoms with Gasteiger partial charge in [0.1, 0.15) is 0 Å². The lowest BCUT2D eigenvalue weighted by Crippen LogP contribution is -1.94. The molecule has 0 saturated carbocycles. The number of fused-ring (bicyclic) bond motifs is 4. The summed E-state index contributed by atoms with van der Waals surface area (Å²) >= 11 is 0. The normalized spacial score (nSPS) is 12.2. The zero-order chi connectivity index (χ0) is 36.0. The van der Waals surface area contributed by atoms with Crippen LogP contribution in [0.2, 0.25) is 0 Å². The number of allylic oxidation sites excluding steroid dienone is 1. The number of nitriles is 1. The van der Waals surface area contributed by atoms with Crippen molar-refractivity contribution in [1.82, 2.24) is 0 Å². The van der Waals surface area contributed by atoms with Gasteiger partial charge in [-0.15, -0.1) is 0 Å². The van der Waals surface area contributed by atoms with Crippen molar-refractivity contribution in [2.75, 3.05) is 0 Å². The van der Waals surface area contributed by atoms with Gasteiger partial charge in [0.05, 0.1) is 11.6 Å². The monoisotopic (exact) mass is 685 g/mol. The summed E-state index contributed by atoms with van der Waals surface area (Å²) in [6.07, 6.45) is 6.77. The van der Waals surface area contributed by atoms with E-state index in [2.05, 4.69) is 182 Å². The van der Waals surface area contributed by atoms with Crippen LogP contribution in [0.15, 0.2) is 182 Å². The average Bonchev–Trinajstić information content (AvgIpc) is 3.25. The molecule has 0 spiro atoms. The van der Waals surface area contributed by atoms with E-state index in [4.69, 9.17) is 0 Å². The SMILES string of the molecule is N#Cc1ccc(-c2ccc3c(-c4cccc(-c5ccc6c(c5)C=CCC6)c4)c4ccccc4c(-c4ccc(-c5ccc6ccccc6c5)cc4)c3c2)cc1. The molecule has 1 aliphatic rings. The highest BCUT2D eigenvalue weighted by molar-refractivity contribution is 6.22. The molecule has 0 atom stereocenters. The number of benzene rings is 9. The summed E-state index contributed by atoms with van der Waals surface area (Å²) in [5, 5.41) is 16.8. The van der Waals surface area contributed by atoms with Gasteiger partial charge in [0.15, 0.2) is 0 Å². The van der Waals surface area contributed by atoms with Crippen LogP contribution in [0.1, 0.15) is 23.1 Å². The molecule has 1 aliphatic carbocycles. The second-order valence-electron chi connectivity index (χ2n) is 14.3. The highest BCUT2D eigenvalue weighted by atomic mass is 14.2. The Morgan fingerprint density at radius 1 is 0.389 bits per heavy atom. The fraction of sp³-hybridized carbons (Fsp3) is 0.0377. The quantitative estimate of drug-likeness (QED) is 0.165. The summed E-state index contributed by atoms with van der Waals surface area (Å²) in [4.78, 5) is 0. The fourth-order valence-corrected chi connectivity index (χ4v) is 8.38. The molecule has 0 unspecified atom stereocenters. The van der Waals surface area contributed by atoms with Crippen LogP contribution >= 0.6 is 0 Å². The minimum Gasteiger partial charge on any atom is -0.192 e. The van der Waals surface area contributed by atoms with E-state index in [-0.39, 0.29) is 0 Å². The Hall–Kier alpha value is -7.01. The van der Waals surface area contributed by atoms with Gasteiger partial charge in [0, 0.05) is 0 Å². The first-order valence-corrected chi connectivity index (χ1v) is 18.7. The summed E-state index contributed by atoms with van der Waals surface area (Å²) < 4.78 is 0. The Bertz CT molecular complexity index is 2970. The van der Waals surface area contributed by atoms with Gasteiger partial charge in [-0.05, 0) is 148 Å². The minimum absolute atomic E-state index is 0.662. The summed E-state index contributed by atoms with van der Waals surface area (Å²) in [7, 11) is 0. The number of nitrogens with zero attached hydrogens (tertiary/aromatic N) is 1. The molecule has 252 valence electrons. The molecule has 9 aromatic rings. The number of hydrogen-bond donors (Lipinski definition) is 0. The average molecular weight is 686 g/mol. The maximum atomic E-state index is 9.47. The van der Waals surface area contributed by atoms with Crippen LogP contribution < -0.4 is 0 Å². The smallest absolute Gasteiger partial charge is 0.0991 e. The first kappa shape index (κ1) is 31.7. The van der Waals surface area contributed by atoms with E-state index in [0.717, 1.165) is 24.0 Å².